The molecule has 1 aromatic rings. The summed E-state index contributed by atoms with van der Waals surface area (Å²) in [5.41, 5.74) is 0.665. The van der Waals surface area contributed by atoms with Crippen molar-refractivity contribution in [1.29, 1.82) is 0 Å². The highest BCUT2D eigenvalue weighted by Crippen LogP contribution is 2.26. The average Bonchev–Trinajstić information content (AvgIpc) is 2.71. The molecular weight excluding hydrogens is 226 g/mol. The lowest BCUT2D eigenvalue weighted by atomic mass is 10.2. The number of piperazine rings is 1. The SMILES string of the molecule is CC(O)c1csc(N2CCNC(=O)C2C)n1. The fraction of sp³-hybridized carbons (Fsp3) is 0.600. The molecule has 5 nitrogen and oxygen atoms in total. The molecule has 2 unspecified atom stereocenters. The van der Waals surface area contributed by atoms with Crippen molar-refractivity contribution in [3.63, 3.8) is 0 Å². The molecular formula is C10H15N3O2S. The van der Waals surface area contributed by atoms with E-state index < -0.39 is 6.10 Å². The number of aliphatic hydroxyl groups excluding tert-OH is 1. The highest BCUT2D eigenvalue weighted by atomic mass is 32.1. The smallest absolute Gasteiger partial charge is 0.242 e. The summed E-state index contributed by atoms with van der Waals surface area (Å²) in [4.78, 5) is 17.8. The van der Waals surface area contributed by atoms with Gasteiger partial charge in [-0.25, -0.2) is 4.98 Å². The van der Waals surface area contributed by atoms with E-state index in [9.17, 15) is 9.90 Å². The van der Waals surface area contributed by atoms with Crippen molar-refractivity contribution in [2.24, 2.45) is 0 Å². The number of hydrogen-bond donors (Lipinski definition) is 2. The summed E-state index contributed by atoms with van der Waals surface area (Å²) < 4.78 is 0. The Morgan fingerprint density at radius 3 is 3.12 bits per heavy atom. The third-order valence-electron chi connectivity index (χ3n) is 2.68. The predicted octanol–water partition coefficient (Wildman–Crippen LogP) is 0.521. The summed E-state index contributed by atoms with van der Waals surface area (Å²) in [5.74, 6) is 0.0278. The normalized spacial score (nSPS) is 23.1. The van der Waals surface area contributed by atoms with Crippen molar-refractivity contribution >= 4 is 22.4 Å². The van der Waals surface area contributed by atoms with Crippen LogP contribution in [0.5, 0.6) is 0 Å². The van der Waals surface area contributed by atoms with Gasteiger partial charge in [-0.2, -0.15) is 0 Å². The van der Waals surface area contributed by atoms with Gasteiger partial charge in [0.2, 0.25) is 5.91 Å². The molecule has 0 aromatic carbocycles. The molecule has 2 atom stereocenters. The molecule has 6 heteroatoms. The maximum Gasteiger partial charge on any atom is 0.242 e. The lowest BCUT2D eigenvalue weighted by Crippen LogP contribution is -2.54. The number of anilines is 1. The van der Waals surface area contributed by atoms with Crippen LogP contribution in [0, 0.1) is 0 Å². The Balaban J connectivity index is 2.19. The van der Waals surface area contributed by atoms with Gasteiger partial charge in [-0.1, -0.05) is 0 Å². The van der Waals surface area contributed by atoms with Gasteiger partial charge in [0.25, 0.3) is 0 Å². The molecule has 1 fully saturated rings. The van der Waals surface area contributed by atoms with E-state index in [4.69, 9.17) is 0 Å². The van der Waals surface area contributed by atoms with Crippen LogP contribution < -0.4 is 10.2 Å². The minimum absolute atomic E-state index is 0.0278. The van der Waals surface area contributed by atoms with E-state index in [0.717, 1.165) is 11.7 Å². The third-order valence-corrected chi connectivity index (χ3v) is 3.58. The van der Waals surface area contributed by atoms with E-state index in [1.165, 1.54) is 11.3 Å². The molecule has 0 bridgehead atoms. The molecule has 0 spiro atoms. The number of aromatic nitrogens is 1. The second-order valence-corrected chi connectivity index (χ2v) is 4.73. The van der Waals surface area contributed by atoms with Crippen LogP contribution in [0.25, 0.3) is 0 Å². The number of rotatable bonds is 2. The van der Waals surface area contributed by atoms with E-state index in [0.29, 0.717) is 12.2 Å². The van der Waals surface area contributed by atoms with Gasteiger partial charge in [0.05, 0.1) is 11.8 Å². The first kappa shape index (κ1) is 11.3. The van der Waals surface area contributed by atoms with Crippen molar-refractivity contribution in [3.8, 4) is 0 Å². The summed E-state index contributed by atoms with van der Waals surface area (Å²) in [6.45, 7) is 4.95. The van der Waals surface area contributed by atoms with Crippen LogP contribution in [0.15, 0.2) is 5.38 Å². The molecule has 2 heterocycles. The van der Waals surface area contributed by atoms with Gasteiger partial charge in [0.1, 0.15) is 6.04 Å². The van der Waals surface area contributed by atoms with Gasteiger partial charge in [-0.05, 0) is 13.8 Å². The zero-order chi connectivity index (χ0) is 11.7. The number of amides is 1. The Morgan fingerprint density at radius 1 is 1.75 bits per heavy atom. The van der Waals surface area contributed by atoms with Crippen LogP contribution in [0.3, 0.4) is 0 Å². The Bertz CT molecular complexity index is 391. The molecule has 1 saturated heterocycles. The van der Waals surface area contributed by atoms with E-state index in [2.05, 4.69) is 10.3 Å². The lowest BCUT2D eigenvalue weighted by Gasteiger charge is -2.32. The standard InChI is InChI=1S/C10H15N3O2S/c1-6-9(15)11-3-4-13(6)10-12-8(5-16-10)7(2)14/h5-7,14H,3-4H2,1-2H3,(H,11,15). The van der Waals surface area contributed by atoms with Crippen LogP contribution in [0.4, 0.5) is 5.13 Å². The van der Waals surface area contributed by atoms with E-state index in [1.807, 2.05) is 17.2 Å². The molecule has 2 rings (SSSR count). The van der Waals surface area contributed by atoms with Crippen molar-refractivity contribution in [2.45, 2.75) is 26.0 Å². The summed E-state index contributed by atoms with van der Waals surface area (Å²) in [6, 6.07) is -0.193. The van der Waals surface area contributed by atoms with Crippen molar-refractivity contribution in [2.75, 3.05) is 18.0 Å². The van der Waals surface area contributed by atoms with Crippen molar-refractivity contribution in [3.05, 3.63) is 11.1 Å². The topological polar surface area (TPSA) is 65.5 Å². The van der Waals surface area contributed by atoms with Crippen LogP contribution >= 0.6 is 11.3 Å². The fourth-order valence-electron chi connectivity index (χ4n) is 1.64. The van der Waals surface area contributed by atoms with Crippen LogP contribution in [-0.2, 0) is 4.79 Å². The quantitative estimate of drug-likeness (QED) is 0.792. The van der Waals surface area contributed by atoms with Crippen LogP contribution in [0.1, 0.15) is 25.6 Å². The fourth-order valence-corrected chi connectivity index (χ4v) is 2.66. The maximum atomic E-state index is 11.5. The Kier molecular flexibility index (Phi) is 3.11. The summed E-state index contributed by atoms with van der Waals surface area (Å²) in [6.07, 6.45) is -0.557. The molecule has 2 N–H and O–H groups in total. The second kappa shape index (κ2) is 4.39. The van der Waals surface area contributed by atoms with Gasteiger partial charge < -0.3 is 15.3 Å². The minimum Gasteiger partial charge on any atom is -0.387 e. The zero-order valence-electron chi connectivity index (χ0n) is 9.30. The highest BCUT2D eigenvalue weighted by Gasteiger charge is 2.27. The molecule has 16 heavy (non-hydrogen) atoms. The number of carbonyl (C=O) groups excluding carboxylic acids is 1. The molecule has 0 aliphatic carbocycles. The summed E-state index contributed by atoms with van der Waals surface area (Å²) >= 11 is 1.46. The number of thiazole rings is 1. The molecule has 1 aliphatic heterocycles. The van der Waals surface area contributed by atoms with Crippen LogP contribution in [-0.4, -0.2) is 35.1 Å². The van der Waals surface area contributed by atoms with Gasteiger partial charge in [0.15, 0.2) is 5.13 Å². The van der Waals surface area contributed by atoms with Gasteiger partial charge in [-0.3, -0.25) is 4.79 Å². The maximum absolute atomic E-state index is 11.5. The first-order chi connectivity index (χ1) is 7.59. The predicted molar refractivity (Wildman–Crippen MR) is 62.6 cm³/mol. The highest BCUT2D eigenvalue weighted by molar-refractivity contribution is 7.13. The van der Waals surface area contributed by atoms with E-state index >= 15 is 0 Å². The summed E-state index contributed by atoms with van der Waals surface area (Å²) in [5, 5.41) is 14.8. The van der Waals surface area contributed by atoms with Crippen molar-refractivity contribution in [1.82, 2.24) is 10.3 Å². The first-order valence-corrected chi connectivity index (χ1v) is 6.15. The number of aliphatic hydroxyl groups is 1. The molecule has 0 saturated carbocycles. The lowest BCUT2D eigenvalue weighted by molar-refractivity contribution is -0.122. The summed E-state index contributed by atoms with van der Waals surface area (Å²) in [7, 11) is 0. The van der Waals surface area contributed by atoms with E-state index in [1.54, 1.807) is 6.92 Å². The van der Waals surface area contributed by atoms with Gasteiger partial charge >= 0.3 is 0 Å². The number of carbonyl (C=O) groups is 1. The molecule has 1 amide bonds. The zero-order valence-corrected chi connectivity index (χ0v) is 10.1. The largest absolute Gasteiger partial charge is 0.387 e. The number of nitrogens with zero attached hydrogens (tertiary/aromatic N) is 2. The average molecular weight is 241 g/mol. The molecule has 1 aliphatic rings. The molecule has 88 valence electrons. The van der Waals surface area contributed by atoms with E-state index in [-0.39, 0.29) is 11.9 Å². The second-order valence-electron chi connectivity index (χ2n) is 3.89. The van der Waals surface area contributed by atoms with Gasteiger partial charge in [0, 0.05) is 18.5 Å². The Hall–Kier alpha value is -1.14. The third kappa shape index (κ3) is 2.03. The minimum atomic E-state index is -0.557. The van der Waals surface area contributed by atoms with Gasteiger partial charge in [-0.15, -0.1) is 11.3 Å². The molecule has 0 radical (unpaired) electrons. The Morgan fingerprint density at radius 2 is 2.50 bits per heavy atom. The molecule has 1 aromatic heterocycles. The Labute approximate surface area is 98.1 Å². The van der Waals surface area contributed by atoms with Crippen molar-refractivity contribution < 1.29 is 9.90 Å². The number of hydrogen-bond acceptors (Lipinski definition) is 5. The van der Waals surface area contributed by atoms with Crippen LogP contribution in [0.2, 0.25) is 0 Å². The first-order valence-electron chi connectivity index (χ1n) is 5.27. The number of nitrogens with one attached hydrogen (secondary N) is 1. The monoisotopic (exact) mass is 241 g/mol.